The highest BCUT2D eigenvalue weighted by atomic mass is 19.2. The normalized spacial score (nSPS) is 14.8. The van der Waals surface area contributed by atoms with Crippen molar-refractivity contribution in [2.45, 2.75) is 25.8 Å². The molecule has 2 aromatic heterocycles. The summed E-state index contributed by atoms with van der Waals surface area (Å²) in [4.78, 5) is 8.65. The van der Waals surface area contributed by atoms with Crippen molar-refractivity contribution >= 4 is 11.0 Å². The van der Waals surface area contributed by atoms with Crippen LogP contribution in [0.15, 0.2) is 30.6 Å². The first-order valence-corrected chi connectivity index (χ1v) is 6.93. The first-order valence-electron chi connectivity index (χ1n) is 6.93. The lowest BCUT2D eigenvalue weighted by Gasteiger charge is -2.09. The van der Waals surface area contributed by atoms with E-state index in [1.165, 1.54) is 6.07 Å². The first kappa shape index (κ1) is 12.4. The van der Waals surface area contributed by atoms with E-state index in [-0.39, 0.29) is 11.6 Å². The van der Waals surface area contributed by atoms with Gasteiger partial charge in [-0.15, -0.1) is 0 Å². The van der Waals surface area contributed by atoms with E-state index in [4.69, 9.17) is 0 Å². The number of benzene rings is 1. The van der Waals surface area contributed by atoms with Gasteiger partial charge in [0.05, 0.1) is 5.52 Å². The van der Waals surface area contributed by atoms with Crippen LogP contribution in [0, 0.1) is 18.6 Å². The molecule has 0 aliphatic heterocycles. The van der Waals surface area contributed by atoms with Crippen LogP contribution in [0.5, 0.6) is 0 Å². The number of aromatic nitrogens is 3. The van der Waals surface area contributed by atoms with Crippen molar-refractivity contribution in [3.8, 4) is 11.4 Å². The molecule has 5 heteroatoms. The summed E-state index contributed by atoms with van der Waals surface area (Å²) in [5.74, 6) is -0.985. The fourth-order valence-corrected chi connectivity index (χ4v) is 2.70. The molecule has 1 aromatic carbocycles. The van der Waals surface area contributed by atoms with Gasteiger partial charge in [-0.2, -0.15) is 0 Å². The Labute approximate surface area is 120 Å². The number of pyridine rings is 1. The van der Waals surface area contributed by atoms with Crippen LogP contribution in [-0.2, 0) is 0 Å². The fourth-order valence-electron chi connectivity index (χ4n) is 2.70. The third-order valence-electron chi connectivity index (χ3n) is 3.94. The highest BCUT2D eigenvalue weighted by molar-refractivity contribution is 5.82. The van der Waals surface area contributed by atoms with Crippen LogP contribution in [0.1, 0.15) is 24.4 Å². The molecule has 0 spiro atoms. The van der Waals surface area contributed by atoms with E-state index in [9.17, 15) is 8.78 Å². The molecule has 4 rings (SSSR count). The largest absolute Gasteiger partial charge is 0.318 e. The van der Waals surface area contributed by atoms with Crippen LogP contribution in [-0.4, -0.2) is 14.5 Å². The van der Waals surface area contributed by atoms with Crippen molar-refractivity contribution in [1.29, 1.82) is 0 Å². The number of rotatable bonds is 2. The van der Waals surface area contributed by atoms with E-state index in [0.717, 1.165) is 30.0 Å². The lowest BCUT2D eigenvalue weighted by atomic mass is 10.1. The molecule has 1 saturated carbocycles. The monoisotopic (exact) mass is 285 g/mol. The number of nitrogens with zero attached hydrogens (tertiary/aromatic N) is 3. The smallest absolute Gasteiger partial charge is 0.184 e. The maximum Gasteiger partial charge on any atom is 0.184 e. The Balaban J connectivity index is 2.08. The Bertz CT molecular complexity index is 850. The molecule has 0 unspecified atom stereocenters. The predicted molar refractivity (Wildman–Crippen MR) is 75.9 cm³/mol. The van der Waals surface area contributed by atoms with Gasteiger partial charge in [0.25, 0.3) is 0 Å². The van der Waals surface area contributed by atoms with Crippen LogP contribution >= 0.6 is 0 Å². The Morgan fingerprint density at radius 1 is 1.19 bits per heavy atom. The third kappa shape index (κ3) is 1.84. The van der Waals surface area contributed by atoms with Crippen molar-refractivity contribution in [3.63, 3.8) is 0 Å². The lowest BCUT2D eigenvalue weighted by molar-refractivity contribution is 0.511. The van der Waals surface area contributed by atoms with Gasteiger partial charge in [-0.05, 0) is 43.5 Å². The molecule has 0 bridgehead atoms. The third-order valence-corrected chi connectivity index (χ3v) is 3.94. The van der Waals surface area contributed by atoms with Crippen molar-refractivity contribution in [2.24, 2.45) is 0 Å². The van der Waals surface area contributed by atoms with Crippen molar-refractivity contribution in [2.75, 3.05) is 0 Å². The Morgan fingerprint density at radius 3 is 2.71 bits per heavy atom. The minimum absolute atomic E-state index is 0.195. The topological polar surface area (TPSA) is 30.7 Å². The van der Waals surface area contributed by atoms with Gasteiger partial charge in [0, 0.05) is 24.0 Å². The quantitative estimate of drug-likeness (QED) is 0.712. The molecule has 21 heavy (non-hydrogen) atoms. The zero-order valence-corrected chi connectivity index (χ0v) is 11.5. The molecule has 0 N–H and O–H groups in total. The van der Waals surface area contributed by atoms with E-state index in [2.05, 4.69) is 9.97 Å². The molecule has 1 aliphatic rings. The Morgan fingerprint density at radius 2 is 2.00 bits per heavy atom. The molecule has 3 nitrogen and oxygen atoms in total. The van der Waals surface area contributed by atoms with Gasteiger partial charge in [-0.1, -0.05) is 0 Å². The highest BCUT2D eigenvalue weighted by Gasteiger charge is 2.31. The molecule has 3 aromatic rings. The maximum atomic E-state index is 14.2. The molecule has 2 heterocycles. The predicted octanol–water partition coefficient (Wildman–Crippen LogP) is 4.02. The molecule has 0 atom stereocenters. The number of aryl methyl sites for hydroxylation is 1. The summed E-state index contributed by atoms with van der Waals surface area (Å²) in [7, 11) is 0. The molecule has 0 amide bonds. The highest BCUT2D eigenvalue weighted by Crippen LogP contribution is 2.42. The number of halogens is 2. The minimum atomic E-state index is -0.834. The van der Waals surface area contributed by atoms with E-state index >= 15 is 0 Å². The van der Waals surface area contributed by atoms with Gasteiger partial charge in [0.1, 0.15) is 11.3 Å². The van der Waals surface area contributed by atoms with E-state index in [1.54, 1.807) is 12.4 Å². The molecular formula is C16H13F2N3. The van der Waals surface area contributed by atoms with Crippen LogP contribution < -0.4 is 0 Å². The summed E-state index contributed by atoms with van der Waals surface area (Å²) in [5, 5.41) is 0. The standard InChI is InChI=1S/C16H13F2N3/c1-9-6-7-19-8-11(9)16-20-13-5-4-12(17)14(18)15(13)21(16)10-2-3-10/h4-8,10H,2-3H2,1H3. The summed E-state index contributed by atoms with van der Waals surface area (Å²) in [6.45, 7) is 1.96. The van der Waals surface area contributed by atoms with Gasteiger partial charge >= 0.3 is 0 Å². The molecule has 106 valence electrons. The minimum Gasteiger partial charge on any atom is -0.318 e. The number of imidazole rings is 1. The Hall–Kier alpha value is -2.30. The molecule has 1 fully saturated rings. The molecular weight excluding hydrogens is 272 g/mol. The van der Waals surface area contributed by atoms with E-state index in [1.807, 2.05) is 17.6 Å². The molecule has 1 aliphatic carbocycles. The zero-order chi connectivity index (χ0) is 14.6. The lowest BCUT2D eigenvalue weighted by Crippen LogP contribution is -2.01. The SMILES string of the molecule is Cc1ccncc1-c1nc2ccc(F)c(F)c2n1C1CC1. The van der Waals surface area contributed by atoms with Crippen LogP contribution in [0.4, 0.5) is 8.78 Å². The van der Waals surface area contributed by atoms with Crippen LogP contribution in [0.25, 0.3) is 22.4 Å². The molecule has 0 radical (unpaired) electrons. The summed E-state index contributed by atoms with van der Waals surface area (Å²) in [6.07, 6.45) is 5.37. The second kappa shape index (κ2) is 4.35. The van der Waals surface area contributed by atoms with Crippen LogP contribution in [0.2, 0.25) is 0 Å². The number of hydrogen-bond acceptors (Lipinski definition) is 2. The average Bonchev–Trinajstić information content (AvgIpc) is 3.24. The Kier molecular flexibility index (Phi) is 2.58. The van der Waals surface area contributed by atoms with Gasteiger partial charge in [0.15, 0.2) is 11.6 Å². The van der Waals surface area contributed by atoms with Gasteiger partial charge in [0.2, 0.25) is 0 Å². The van der Waals surface area contributed by atoms with Crippen molar-refractivity contribution in [3.05, 3.63) is 47.8 Å². The first-order chi connectivity index (χ1) is 10.2. The summed E-state index contributed by atoms with van der Waals surface area (Å²) in [5.41, 5.74) is 2.62. The van der Waals surface area contributed by atoms with Gasteiger partial charge in [-0.25, -0.2) is 13.8 Å². The summed E-state index contributed by atoms with van der Waals surface area (Å²) < 4.78 is 29.6. The summed E-state index contributed by atoms with van der Waals surface area (Å²) in [6, 6.07) is 4.74. The maximum absolute atomic E-state index is 14.2. The van der Waals surface area contributed by atoms with Crippen LogP contribution in [0.3, 0.4) is 0 Å². The summed E-state index contributed by atoms with van der Waals surface area (Å²) >= 11 is 0. The number of fused-ring (bicyclic) bond motifs is 1. The average molecular weight is 285 g/mol. The van der Waals surface area contributed by atoms with Gasteiger partial charge < -0.3 is 4.57 Å². The van der Waals surface area contributed by atoms with Crippen molar-refractivity contribution < 1.29 is 8.78 Å². The second-order valence-electron chi connectivity index (χ2n) is 5.46. The molecule has 0 saturated heterocycles. The van der Waals surface area contributed by atoms with E-state index in [0.29, 0.717) is 11.3 Å². The number of hydrogen-bond donors (Lipinski definition) is 0. The zero-order valence-electron chi connectivity index (χ0n) is 11.5. The van der Waals surface area contributed by atoms with Crippen molar-refractivity contribution in [1.82, 2.24) is 14.5 Å². The second-order valence-corrected chi connectivity index (χ2v) is 5.46. The fraction of sp³-hybridized carbons (Fsp3) is 0.250. The van der Waals surface area contributed by atoms with Gasteiger partial charge in [-0.3, -0.25) is 4.98 Å². The van der Waals surface area contributed by atoms with E-state index < -0.39 is 11.6 Å².